The lowest BCUT2D eigenvalue weighted by Crippen LogP contribution is -1.98. The summed E-state index contributed by atoms with van der Waals surface area (Å²) in [5, 5.41) is 17.0. The van der Waals surface area contributed by atoms with Crippen molar-refractivity contribution < 1.29 is 4.42 Å². The topological polar surface area (TPSA) is 46.8 Å². The Morgan fingerprint density at radius 1 is 0.468 bits per heavy atom. The van der Waals surface area contributed by atoms with Crippen molar-refractivity contribution in [2.75, 3.05) is 0 Å². The summed E-state index contributed by atoms with van der Waals surface area (Å²) in [6.07, 6.45) is 0. The number of hydrogen-bond donors (Lipinski definition) is 0. The Kier molecular flexibility index (Phi) is 5.32. The molecule has 10 aromatic rings. The molecule has 3 heterocycles. The molecule has 0 saturated carbocycles. The Balaban J connectivity index is 1.19. The molecule has 0 aliphatic carbocycles. The Hall–Kier alpha value is -6.57. The highest BCUT2D eigenvalue weighted by Gasteiger charge is 2.19. The third-order valence-electron chi connectivity index (χ3n) is 9.56. The van der Waals surface area contributed by atoms with Crippen molar-refractivity contribution in [3.8, 4) is 28.6 Å². The van der Waals surface area contributed by atoms with Gasteiger partial charge in [0.15, 0.2) is 0 Å². The van der Waals surface area contributed by atoms with Crippen LogP contribution in [0.15, 0.2) is 156 Å². The van der Waals surface area contributed by atoms with Gasteiger partial charge in [0.05, 0.1) is 39.4 Å². The molecule has 0 radical (unpaired) electrons. The van der Waals surface area contributed by atoms with Gasteiger partial charge in [-0.3, -0.25) is 0 Å². The van der Waals surface area contributed by atoms with Crippen molar-refractivity contribution in [2.24, 2.45) is 0 Å². The molecule has 0 aliphatic heterocycles. The van der Waals surface area contributed by atoms with Crippen molar-refractivity contribution in [2.45, 2.75) is 0 Å². The molecule has 0 N–H and O–H groups in total. The molecule has 4 nitrogen and oxygen atoms in total. The van der Waals surface area contributed by atoms with E-state index in [1.807, 2.05) is 24.3 Å². The molecule has 4 heteroatoms. The summed E-state index contributed by atoms with van der Waals surface area (Å²) in [6.45, 7) is 0. The number of nitrogens with zero attached hydrogens (tertiary/aromatic N) is 3. The minimum absolute atomic E-state index is 0.632. The minimum Gasteiger partial charge on any atom is -0.456 e. The fourth-order valence-corrected chi connectivity index (χ4v) is 7.56. The van der Waals surface area contributed by atoms with Gasteiger partial charge in [0.2, 0.25) is 0 Å². The van der Waals surface area contributed by atoms with E-state index in [9.17, 15) is 5.26 Å². The fourth-order valence-electron chi connectivity index (χ4n) is 7.56. The highest BCUT2D eigenvalue weighted by atomic mass is 16.3. The van der Waals surface area contributed by atoms with Crippen LogP contribution in [-0.4, -0.2) is 9.13 Å². The van der Waals surface area contributed by atoms with Crippen LogP contribution in [0.5, 0.6) is 0 Å². The Labute approximate surface area is 269 Å². The summed E-state index contributed by atoms with van der Waals surface area (Å²) >= 11 is 0. The van der Waals surface area contributed by atoms with E-state index >= 15 is 0 Å². The molecule has 0 fully saturated rings. The molecule has 10 rings (SSSR count). The largest absolute Gasteiger partial charge is 0.456 e. The second-order valence-corrected chi connectivity index (χ2v) is 12.0. The average molecular weight is 600 g/mol. The van der Waals surface area contributed by atoms with E-state index in [1.54, 1.807) is 0 Å². The number of hydrogen-bond acceptors (Lipinski definition) is 2. The van der Waals surface area contributed by atoms with Crippen LogP contribution < -0.4 is 0 Å². The van der Waals surface area contributed by atoms with Gasteiger partial charge in [-0.25, -0.2) is 0 Å². The first-order chi connectivity index (χ1) is 23.3. The second kappa shape index (κ2) is 9.71. The zero-order valence-corrected chi connectivity index (χ0v) is 25.2. The lowest BCUT2D eigenvalue weighted by molar-refractivity contribution is 0.669. The number of aromatic nitrogens is 2. The maximum atomic E-state index is 9.90. The van der Waals surface area contributed by atoms with Crippen LogP contribution in [0.25, 0.3) is 88.1 Å². The average Bonchev–Trinajstić information content (AvgIpc) is 3.79. The van der Waals surface area contributed by atoms with E-state index < -0.39 is 0 Å². The van der Waals surface area contributed by atoms with E-state index in [0.29, 0.717) is 5.56 Å². The van der Waals surface area contributed by atoms with Crippen molar-refractivity contribution in [3.63, 3.8) is 0 Å². The summed E-state index contributed by atoms with van der Waals surface area (Å²) in [5.74, 6) is 0. The highest BCUT2D eigenvalue weighted by molar-refractivity contribution is 6.27. The van der Waals surface area contributed by atoms with Gasteiger partial charge in [0.1, 0.15) is 11.2 Å². The molecule has 7 aromatic carbocycles. The smallest absolute Gasteiger partial charge is 0.136 e. The van der Waals surface area contributed by atoms with E-state index in [-0.39, 0.29) is 0 Å². The van der Waals surface area contributed by atoms with Crippen molar-refractivity contribution in [3.05, 3.63) is 157 Å². The number of benzene rings is 7. The number of para-hydroxylation sites is 4. The predicted molar refractivity (Wildman–Crippen MR) is 193 cm³/mol. The van der Waals surface area contributed by atoms with Gasteiger partial charge in [-0.1, -0.05) is 84.9 Å². The minimum atomic E-state index is 0.632. The predicted octanol–water partition coefficient (Wildman–Crippen LogP) is 11.3. The second-order valence-electron chi connectivity index (χ2n) is 12.0. The van der Waals surface area contributed by atoms with Gasteiger partial charge in [-0.2, -0.15) is 5.26 Å². The van der Waals surface area contributed by atoms with E-state index in [2.05, 4.69) is 143 Å². The quantitative estimate of drug-likeness (QED) is 0.203. The van der Waals surface area contributed by atoms with Gasteiger partial charge in [0, 0.05) is 43.6 Å². The third-order valence-corrected chi connectivity index (χ3v) is 9.56. The fraction of sp³-hybridized carbons (Fsp3) is 0. The number of nitriles is 1. The molecule has 0 atom stereocenters. The van der Waals surface area contributed by atoms with E-state index in [1.165, 1.54) is 21.5 Å². The SMILES string of the molecule is N#Cc1ccc(-n2c3ccccc3c3ccccc32)c(-c2ccc(-n3c4ccccc4c4c5c(ccc43)oc3ccccc35)cc2)c1. The van der Waals surface area contributed by atoms with Gasteiger partial charge in [-0.15, -0.1) is 0 Å². The molecular formula is C43H25N3O. The zero-order chi connectivity index (χ0) is 31.1. The molecule has 0 unspecified atom stereocenters. The van der Waals surface area contributed by atoms with Crippen LogP contribution in [0, 0.1) is 11.3 Å². The molecule has 218 valence electrons. The molecule has 0 bridgehead atoms. The molecule has 0 aliphatic rings. The normalized spacial score (nSPS) is 11.8. The van der Waals surface area contributed by atoms with Crippen molar-refractivity contribution in [1.29, 1.82) is 5.26 Å². The summed E-state index contributed by atoms with van der Waals surface area (Å²) in [4.78, 5) is 0. The zero-order valence-electron chi connectivity index (χ0n) is 25.2. The van der Waals surface area contributed by atoms with E-state index in [4.69, 9.17) is 4.42 Å². The third kappa shape index (κ3) is 3.63. The lowest BCUT2D eigenvalue weighted by Gasteiger charge is -2.15. The van der Waals surface area contributed by atoms with Crippen molar-refractivity contribution in [1.82, 2.24) is 9.13 Å². The summed E-state index contributed by atoms with van der Waals surface area (Å²) in [5.41, 5.74) is 11.2. The van der Waals surface area contributed by atoms with Crippen molar-refractivity contribution >= 4 is 65.6 Å². The van der Waals surface area contributed by atoms with Gasteiger partial charge in [-0.05, 0) is 72.3 Å². The van der Waals surface area contributed by atoms with Crippen LogP contribution in [0.4, 0.5) is 0 Å². The summed E-state index contributed by atoms with van der Waals surface area (Å²) in [7, 11) is 0. The Bertz CT molecular complexity index is 2860. The monoisotopic (exact) mass is 599 g/mol. The van der Waals surface area contributed by atoms with Gasteiger partial charge >= 0.3 is 0 Å². The van der Waals surface area contributed by atoms with E-state index in [0.717, 1.165) is 66.5 Å². The first-order valence-corrected chi connectivity index (χ1v) is 15.8. The lowest BCUT2D eigenvalue weighted by atomic mass is 10.00. The maximum absolute atomic E-state index is 9.90. The molecular weight excluding hydrogens is 574 g/mol. The van der Waals surface area contributed by atoms with Gasteiger partial charge in [0.25, 0.3) is 0 Å². The first-order valence-electron chi connectivity index (χ1n) is 15.8. The van der Waals surface area contributed by atoms with Crippen LogP contribution >= 0.6 is 0 Å². The molecule has 0 spiro atoms. The standard InChI is InChI=1S/C43H25N3O/c44-26-27-17-22-38(46-35-13-5-1-9-30(35)31-10-2-6-14-36(31)46)34(25-27)28-18-20-29(21-19-28)45-37-15-7-3-11-32(37)42-39(45)23-24-41-43(42)33-12-4-8-16-40(33)47-41/h1-25H. The number of fused-ring (bicyclic) bond motifs is 10. The number of rotatable bonds is 3. The van der Waals surface area contributed by atoms with Crippen LogP contribution in [0.1, 0.15) is 5.56 Å². The Morgan fingerprint density at radius 3 is 1.79 bits per heavy atom. The Morgan fingerprint density at radius 2 is 1.09 bits per heavy atom. The van der Waals surface area contributed by atoms with Crippen LogP contribution in [-0.2, 0) is 0 Å². The van der Waals surface area contributed by atoms with Gasteiger partial charge < -0.3 is 13.6 Å². The maximum Gasteiger partial charge on any atom is 0.136 e. The van der Waals surface area contributed by atoms with Crippen LogP contribution in [0.3, 0.4) is 0 Å². The van der Waals surface area contributed by atoms with Crippen LogP contribution in [0.2, 0.25) is 0 Å². The molecule has 0 saturated heterocycles. The first kappa shape index (κ1) is 25.7. The molecule has 0 amide bonds. The molecule has 3 aromatic heterocycles. The summed E-state index contributed by atoms with van der Waals surface area (Å²) < 4.78 is 10.9. The summed E-state index contributed by atoms with van der Waals surface area (Å²) in [6, 6.07) is 55.3. The molecule has 47 heavy (non-hydrogen) atoms. The number of furan rings is 1. The highest BCUT2D eigenvalue weighted by Crippen LogP contribution is 2.42.